The lowest BCUT2D eigenvalue weighted by atomic mass is 9.81. The summed E-state index contributed by atoms with van der Waals surface area (Å²) in [6.07, 6.45) is 5.73. The molecule has 1 aliphatic heterocycles. The number of nitrogens with one attached hydrogen (secondary N) is 1. The molecule has 0 aromatic heterocycles. The monoisotopic (exact) mass is 372 g/mol. The molecule has 144 valence electrons. The van der Waals surface area contributed by atoms with Crippen LogP contribution in [0.1, 0.15) is 51.5 Å². The van der Waals surface area contributed by atoms with Gasteiger partial charge in [-0.1, -0.05) is 63.8 Å². The minimum Gasteiger partial charge on any atom is -0.385 e. The van der Waals surface area contributed by atoms with Gasteiger partial charge in [-0.25, -0.2) is 0 Å². The van der Waals surface area contributed by atoms with E-state index in [1.54, 1.807) is 0 Å². The van der Waals surface area contributed by atoms with Crippen molar-refractivity contribution >= 4 is 12.6 Å². The van der Waals surface area contributed by atoms with Gasteiger partial charge < -0.3 is 10.2 Å². The molecule has 1 fully saturated rings. The fraction of sp³-hybridized carbons (Fsp3) is 0.565. The van der Waals surface area contributed by atoms with E-state index in [4.69, 9.17) is 0 Å². The minimum atomic E-state index is 0.307. The van der Waals surface area contributed by atoms with Gasteiger partial charge in [0.2, 0.25) is 0 Å². The highest BCUT2D eigenvalue weighted by atomic mass is 32.1. The number of nitrogens with zero attached hydrogens (tertiary/aromatic N) is 1. The van der Waals surface area contributed by atoms with E-state index in [1.807, 2.05) is 6.20 Å². The summed E-state index contributed by atoms with van der Waals surface area (Å²) in [5.41, 5.74) is 2.49. The highest BCUT2D eigenvalue weighted by Gasteiger charge is 2.33. The third-order valence-electron chi connectivity index (χ3n) is 6.18. The fourth-order valence-corrected chi connectivity index (χ4v) is 5.02. The molecule has 1 saturated heterocycles. The molecule has 5 unspecified atom stereocenters. The average molecular weight is 373 g/mol. The van der Waals surface area contributed by atoms with Gasteiger partial charge >= 0.3 is 0 Å². The third-order valence-corrected chi connectivity index (χ3v) is 6.57. The van der Waals surface area contributed by atoms with Gasteiger partial charge in [0.25, 0.3) is 0 Å². The molecule has 0 radical (unpaired) electrons. The number of rotatable bonds is 10. The van der Waals surface area contributed by atoms with Gasteiger partial charge in [-0.05, 0) is 49.1 Å². The number of hydrogen-bond acceptors (Lipinski definition) is 3. The quantitative estimate of drug-likeness (QED) is 0.530. The largest absolute Gasteiger partial charge is 0.385 e. The second-order valence-electron chi connectivity index (χ2n) is 7.65. The van der Waals surface area contributed by atoms with Crippen LogP contribution in [0.3, 0.4) is 0 Å². The first-order valence-corrected chi connectivity index (χ1v) is 10.7. The molecule has 1 heterocycles. The van der Waals surface area contributed by atoms with Gasteiger partial charge in [-0.2, -0.15) is 12.6 Å². The first kappa shape index (κ1) is 21.0. The molecule has 1 aliphatic rings. The Bertz CT molecular complexity index is 571. The second kappa shape index (κ2) is 10.1. The van der Waals surface area contributed by atoms with E-state index in [9.17, 15) is 0 Å². The summed E-state index contributed by atoms with van der Waals surface area (Å²) in [4.78, 5) is 2.43. The predicted octanol–water partition coefficient (Wildman–Crippen LogP) is 5.46. The minimum absolute atomic E-state index is 0.307. The van der Waals surface area contributed by atoms with Crippen molar-refractivity contribution in [2.24, 2.45) is 11.8 Å². The Morgan fingerprint density at radius 3 is 2.62 bits per heavy atom. The molecule has 1 N–H and O–H groups in total. The second-order valence-corrected chi connectivity index (χ2v) is 8.01. The molecule has 3 heteroatoms. The smallest absolute Gasteiger partial charge is 0.0319 e. The molecule has 0 aliphatic carbocycles. The van der Waals surface area contributed by atoms with Crippen molar-refractivity contribution in [3.05, 3.63) is 61.0 Å². The lowest BCUT2D eigenvalue weighted by Crippen LogP contribution is -2.40. The maximum Gasteiger partial charge on any atom is 0.0319 e. The van der Waals surface area contributed by atoms with E-state index < -0.39 is 0 Å². The topological polar surface area (TPSA) is 15.3 Å². The van der Waals surface area contributed by atoms with Crippen LogP contribution in [0.25, 0.3) is 0 Å². The molecule has 2 rings (SSSR count). The summed E-state index contributed by atoms with van der Waals surface area (Å²) in [6, 6.07) is 11.6. The lowest BCUT2D eigenvalue weighted by molar-refractivity contribution is 0.200. The molecular formula is C23H36N2S. The number of allylic oxidation sites excluding steroid dienone is 1. The molecule has 0 amide bonds. The zero-order valence-electron chi connectivity index (χ0n) is 16.7. The maximum atomic E-state index is 4.61. The standard InChI is InChI=1S/C23H36N2S/c1-6-21(23-14-11-15-25(23)7-2)17(3)18(4)24-19(5)22(16-26)20-12-9-8-10-13-20/h7-10,12-13,17,19,21-24,26H,2,4,6,11,14-16H2,1,3,5H3. The molecule has 1 aromatic carbocycles. The van der Waals surface area contributed by atoms with Crippen LogP contribution in [0.4, 0.5) is 0 Å². The molecule has 2 nitrogen and oxygen atoms in total. The van der Waals surface area contributed by atoms with Gasteiger partial charge in [0.05, 0.1) is 0 Å². The number of thiol groups is 1. The number of hydrogen-bond donors (Lipinski definition) is 2. The van der Waals surface area contributed by atoms with E-state index in [2.05, 4.69) is 87.1 Å². The van der Waals surface area contributed by atoms with Crippen molar-refractivity contribution in [3.8, 4) is 0 Å². The van der Waals surface area contributed by atoms with Crippen LogP contribution in [0, 0.1) is 11.8 Å². The van der Waals surface area contributed by atoms with E-state index in [-0.39, 0.29) is 0 Å². The summed E-state index contributed by atoms with van der Waals surface area (Å²) >= 11 is 4.61. The van der Waals surface area contributed by atoms with Crippen molar-refractivity contribution in [3.63, 3.8) is 0 Å². The molecule has 1 aromatic rings. The summed E-state index contributed by atoms with van der Waals surface area (Å²) in [5, 5.41) is 3.71. The fourth-order valence-electron chi connectivity index (χ4n) is 4.50. The van der Waals surface area contributed by atoms with E-state index in [1.165, 1.54) is 24.8 Å². The third kappa shape index (κ3) is 4.88. The Labute approximate surface area is 166 Å². The summed E-state index contributed by atoms with van der Waals surface area (Å²) in [7, 11) is 0. The van der Waals surface area contributed by atoms with Gasteiger partial charge in [0.15, 0.2) is 0 Å². The van der Waals surface area contributed by atoms with Gasteiger partial charge in [0.1, 0.15) is 0 Å². The van der Waals surface area contributed by atoms with Crippen LogP contribution in [0.15, 0.2) is 55.4 Å². The Kier molecular flexibility index (Phi) is 8.15. The maximum absolute atomic E-state index is 4.61. The van der Waals surface area contributed by atoms with Crippen LogP contribution in [-0.2, 0) is 0 Å². The number of benzene rings is 1. The molecular weight excluding hydrogens is 336 g/mol. The van der Waals surface area contributed by atoms with Gasteiger partial charge in [-0.15, -0.1) is 0 Å². The van der Waals surface area contributed by atoms with Crippen LogP contribution in [-0.4, -0.2) is 29.3 Å². The molecule has 0 saturated carbocycles. The summed E-state index contributed by atoms with van der Waals surface area (Å²) < 4.78 is 0. The highest BCUT2D eigenvalue weighted by Crippen LogP contribution is 2.34. The summed E-state index contributed by atoms with van der Waals surface area (Å²) in [5.74, 6) is 2.24. The van der Waals surface area contributed by atoms with Gasteiger partial charge in [0, 0.05) is 30.2 Å². The number of likely N-dealkylation sites (tertiary alicyclic amines) is 1. The Hall–Kier alpha value is -1.35. The molecule has 5 atom stereocenters. The van der Waals surface area contributed by atoms with Crippen LogP contribution in [0.2, 0.25) is 0 Å². The van der Waals surface area contributed by atoms with Crippen LogP contribution in [0.5, 0.6) is 0 Å². The molecule has 0 spiro atoms. The molecule has 26 heavy (non-hydrogen) atoms. The van der Waals surface area contributed by atoms with Gasteiger partial charge in [-0.3, -0.25) is 0 Å². The van der Waals surface area contributed by atoms with Crippen molar-refractivity contribution in [2.45, 2.75) is 58.0 Å². The highest BCUT2D eigenvalue weighted by molar-refractivity contribution is 7.80. The zero-order valence-corrected chi connectivity index (χ0v) is 17.6. The molecule has 0 bridgehead atoms. The van der Waals surface area contributed by atoms with Crippen molar-refractivity contribution in [1.82, 2.24) is 10.2 Å². The van der Waals surface area contributed by atoms with E-state index in [0.717, 1.165) is 18.0 Å². The zero-order chi connectivity index (χ0) is 19.1. The van der Waals surface area contributed by atoms with Crippen molar-refractivity contribution in [1.29, 1.82) is 0 Å². The SMILES string of the molecule is C=CN1CCCC1C(CC)C(C)C(=C)NC(C)C(CS)c1ccccc1. The van der Waals surface area contributed by atoms with Crippen LogP contribution >= 0.6 is 12.6 Å². The predicted molar refractivity (Wildman–Crippen MR) is 118 cm³/mol. The lowest BCUT2D eigenvalue weighted by Gasteiger charge is -2.36. The van der Waals surface area contributed by atoms with Crippen molar-refractivity contribution < 1.29 is 0 Å². The Morgan fingerprint density at radius 2 is 2.04 bits per heavy atom. The first-order valence-electron chi connectivity index (χ1n) is 10.0. The normalized spacial score (nSPS) is 21.7. The van der Waals surface area contributed by atoms with Crippen LogP contribution < -0.4 is 5.32 Å². The van der Waals surface area contributed by atoms with E-state index in [0.29, 0.717) is 29.8 Å². The first-order chi connectivity index (χ1) is 12.5. The summed E-state index contributed by atoms with van der Waals surface area (Å²) in [6.45, 7) is 16.4. The average Bonchev–Trinajstić information content (AvgIpc) is 3.12. The Balaban J connectivity index is 2.03. The van der Waals surface area contributed by atoms with Crippen molar-refractivity contribution in [2.75, 3.05) is 12.3 Å². The Morgan fingerprint density at radius 1 is 1.35 bits per heavy atom. The van der Waals surface area contributed by atoms with E-state index >= 15 is 0 Å².